The monoisotopic (exact) mass is 332 g/mol. The van der Waals surface area contributed by atoms with Crippen LogP contribution in [0.15, 0.2) is 6.33 Å². The highest BCUT2D eigenvalue weighted by molar-refractivity contribution is 5.93. The fourth-order valence-corrected chi connectivity index (χ4v) is 3.77. The van der Waals surface area contributed by atoms with E-state index < -0.39 is 0 Å². The number of aromatic nitrogens is 2. The number of hydrogen-bond donors (Lipinski definition) is 2. The van der Waals surface area contributed by atoms with E-state index in [0.29, 0.717) is 12.2 Å². The Hall–Kier alpha value is -1.85. The molecule has 1 aromatic heterocycles. The average molecular weight is 332 g/mol. The summed E-state index contributed by atoms with van der Waals surface area (Å²) >= 11 is 0. The third kappa shape index (κ3) is 3.79. The van der Waals surface area contributed by atoms with Crippen molar-refractivity contribution in [3.8, 4) is 0 Å². The van der Waals surface area contributed by atoms with Crippen molar-refractivity contribution in [1.29, 1.82) is 0 Å². The molecule has 132 valence electrons. The van der Waals surface area contributed by atoms with E-state index in [1.165, 1.54) is 19.3 Å². The maximum Gasteiger partial charge on any atom is 0.271 e. The van der Waals surface area contributed by atoms with E-state index >= 15 is 0 Å². The molecule has 1 unspecified atom stereocenters. The molecular formula is C18H28N4O2. The van der Waals surface area contributed by atoms with Gasteiger partial charge in [0, 0.05) is 18.6 Å². The third-order valence-electron chi connectivity index (χ3n) is 5.05. The van der Waals surface area contributed by atoms with E-state index in [2.05, 4.69) is 15.6 Å². The summed E-state index contributed by atoms with van der Waals surface area (Å²) in [6.45, 7) is 4.55. The second-order valence-corrected chi connectivity index (χ2v) is 7.40. The third-order valence-corrected chi connectivity index (χ3v) is 5.05. The Morgan fingerprint density at radius 2 is 1.96 bits per heavy atom. The summed E-state index contributed by atoms with van der Waals surface area (Å²) in [5.74, 6) is 0.00152. The zero-order chi connectivity index (χ0) is 17.1. The van der Waals surface area contributed by atoms with Crippen molar-refractivity contribution in [3.63, 3.8) is 0 Å². The normalized spacial score (nSPS) is 21.4. The van der Waals surface area contributed by atoms with Gasteiger partial charge in [-0.05, 0) is 39.5 Å². The number of nitrogens with zero attached hydrogens (tertiary/aromatic N) is 2. The molecule has 1 aliphatic carbocycles. The number of carbonyl (C=O) groups is 2. The Morgan fingerprint density at radius 3 is 2.67 bits per heavy atom. The maximum absolute atomic E-state index is 12.5. The Morgan fingerprint density at radius 1 is 1.21 bits per heavy atom. The number of amides is 2. The van der Waals surface area contributed by atoms with Gasteiger partial charge in [0.25, 0.3) is 5.91 Å². The van der Waals surface area contributed by atoms with Crippen LogP contribution >= 0.6 is 0 Å². The highest BCUT2D eigenvalue weighted by Crippen LogP contribution is 2.24. The van der Waals surface area contributed by atoms with Crippen molar-refractivity contribution in [2.75, 3.05) is 0 Å². The molecule has 2 heterocycles. The lowest BCUT2D eigenvalue weighted by Gasteiger charge is -2.25. The van der Waals surface area contributed by atoms with Gasteiger partial charge < -0.3 is 15.2 Å². The van der Waals surface area contributed by atoms with Crippen LogP contribution in [-0.4, -0.2) is 33.4 Å². The van der Waals surface area contributed by atoms with Gasteiger partial charge in [-0.1, -0.05) is 19.3 Å². The molecule has 0 radical (unpaired) electrons. The molecule has 2 amide bonds. The van der Waals surface area contributed by atoms with Crippen LogP contribution in [0.2, 0.25) is 0 Å². The molecular weight excluding hydrogens is 304 g/mol. The van der Waals surface area contributed by atoms with Gasteiger partial charge in [0.2, 0.25) is 5.91 Å². The maximum atomic E-state index is 12.5. The topological polar surface area (TPSA) is 76.0 Å². The summed E-state index contributed by atoms with van der Waals surface area (Å²) in [6.07, 6.45) is 9.00. The zero-order valence-corrected chi connectivity index (χ0v) is 14.7. The van der Waals surface area contributed by atoms with Crippen LogP contribution in [-0.2, 0) is 17.8 Å². The molecule has 6 nitrogen and oxygen atoms in total. The molecule has 2 N–H and O–H groups in total. The number of imidazole rings is 1. The van der Waals surface area contributed by atoms with Crippen LogP contribution in [0.3, 0.4) is 0 Å². The quantitative estimate of drug-likeness (QED) is 0.886. The molecule has 1 aliphatic heterocycles. The molecule has 0 saturated heterocycles. The lowest BCUT2D eigenvalue weighted by atomic mass is 9.94. The molecule has 1 atom stereocenters. The molecule has 1 fully saturated rings. The van der Waals surface area contributed by atoms with Crippen molar-refractivity contribution < 1.29 is 9.59 Å². The second-order valence-electron chi connectivity index (χ2n) is 7.40. The Bertz CT molecular complexity index is 602. The molecule has 0 aromatic carbocycles. The van der Waals surface area contributed by atoms with Crippen LogP contribution in [0.5, 0.6) is 0 Å². The number of fused-ring (bicyclic) bond motifs is 1. The average Bonchev–Trinajstić information content (AvgIpc) is 2.98. The van der Waals surface area contributed by atoms with Crippen molar-refractivity contribution in [2.45, 2.75) is 77.4 Å². The van der Waals surface area contributed by atoms with E-state index in [-0.39, 0.29) is 29.8 Å². The first kappa shape index (κ1) is 17.0. The first-order valence-corrected chi connectivity index (χ1v) is 9.20. The number of hydrogen-bond acceptors (Lipinski definition) is 3. The minimum atomic E-state index is -0.0549. The van der Waals surface area contributed by atoms with Gasteiger partial charge >= 0.3 is 0 Å². The van der Waals surface area contributed by atoms with Crippen LogP contribution in [0.4, 0.5) is 0 Å². The van der Waals surface area contributed by atoms with E-state index in [1.807, 2.05) is 18.4 Å². The lowest BCUT2D eigenvalue weighted by Crippen LogP contribution is -2.40. The van der Waals surface area contributed by atoms with Crippen LogP contribution in [0, 0.1) is 5.92 Å². The Balaban J connectivity index is 1.64. The van der Waals surface area contributed by atoms with Gasteiger partial charge in [-0.2, -0.15) is 0 Å². The molecule has 0 spiro atoms. The SMILES string of the molecule is CC(C)NC(=O)C1CCc2c(C(=O)NC3CCCCC3)ncn2C1. The fourth-order valence-electron chi connectivity index (χ4n) is 3.77. The van der Waals surface area contributed by atoms with E-state index in [9.17, 15) is 9.59 Å². The molecule has 2 aliphatic rings. The number of nitrogens with one attached hydrogen (secondary N) is 2. The molecule has 3 rings (SSSR count). The zero-order valence-electron chi connectivity index (χ0n) is 14.7. The van der Waals surface area contributed by atoms with E-state index in [4.69, 9.17) is 0 Å². The molecule has 6 heteroatoms. The summed E-state index contributed by atoms with van der Waals surface area (Å²) in [6, 6.07) is 0.440. The van der Waals surface area contributed by atoms with Crippen LogP contribution < -0.4 is 10.6 Å². The van der Waals surface area contributed by atoms with Gasteiger partial charge in [0.05, 0.1) is 17.9 Å². The molecule has 1 aromatic rings. The summed E-state index contributed by atoms with van der Waals surface area (Å²) < 4.78 is 1.98. The highest BCUT2D eigenvalue weighted by atomic mass is 16.2. The fraction of sp³-hybridized carbons (Fsp3) is 0.722. The molecule has 24 heavy (non-hydrogen) atoms. The summed E-state index contributed by atoms with van der Waals surface area (Å²) in [5.41, 5.74) is 1.51. The predicted octanol–water partition coefficient (Wildman–Crippen LogP) is 2.03. The Kier molecular flexibility index (Phi) is 5.21. The van der Waals surface area contributed by atoms with Gasteiger partial charge in [0.15, 0.2) is 0 Å². The van der Waals surface area contributed by atoms with Gasteiger partial charge in [-0.15, -0.1) is 0 Å². The molecule has 1 saturated carbocycles. The van der Waals surface area contributed by atoms with Crippen molar-refractivity contribution in [3.05, 3.63) is 17.7 Å². The largest absolute Gasteiger partial charge is 0.354 e. The van der Waals surface area contributed by atoms with E-state index in [0.717, 1.165) is 31.4 Å². The predicted molar refractivity (Wildman–Crippen MR) is 91.7 cm³/mol. The highest BCUT2D eigenvalue weighted by Gasteiger charge is 2.29. The second kappa shape index (κ2) is 7.36. The van der Waals surface area contributed by atoms with Crippen molar-refractivity contribution >= 4 is 11.8 Å². The first-order valence-electron chi connectivity index (χ1n) is 9.20. The summed E-state index contributed by atoms with van der Waals surface area (Å²) in [4.78, 5) is 29.1. The first-order chi connectivity index (χ1) is 11.5. The van der Waals surface area contributed by atoms with Crippen molar-refractivity contribution in [1.82, 2.24) is 20.2 Å². The molecule has 0 bridgehead atoms. The van der Waals surface area contributed by atoms with E-state index in [1.54, 1.807) is 6.33 Å². The summed E-state index contributed by atoms with van der Waals surface area (Å²) in [5, 5.41) is 6.11. The summed E-state index contributed by atoms with van der Waals surface area (Å²) in [7, 11) is 0. The smallest absolute Gasteiger partial charge is 0.271 e. The minimum absolute atomic E-state index is 0.0386. The van der Waals surface area contributed by atoms with Crippen molar-refractivity contribution in [2.24, 2.45) is 5.92 Å². The lowest BCUT2D eigenvalue weighted by molar-refractivity contribution is -0.126. The minimum Gasteiger partial charge on any atom is -0.354 e. The van der Waals surface area contributed by atoms with Gasteiger partial charge in [-0.25, -0.2) is 4.98 Å². The number of rotatable bonds is 4. The van der Waals surface area contributed by atoms with Crippen LogP contribution in [0.1, 0.15) is 68.6 Å². The Labute approximate surface area is 143 Å². The van der Waals surface area contributed by atoms with Crippen LogP contribution in [0.25, 0.3) is 0 Å². The number of carbonyl (C=O) groups excluding carboxylic acids is 2. The van der Waals surface area contributed by atoms with Gasteiger partial charge in [0.1, 0.15) is 5.69 Å². The standard InChI is InChI=1S/C18H28N4O2/c1-12(2)20-17(23)13-8-9-15-16(19-11-22(15)10-13)18(24)21-14-6-4-3-5-7-14/h11-14H,3-10H2,1-2H3,(H,20,23)(H,21,24). The van der Waals surface area contributed by atoms with Gasteiger partial charge in [-0.3, -0.25) is 9.59 Å².